The largest absolute Gasteiger partial charge is 0.481 e. The summed E-state index contributed by atoms with van der Waals surface area (Å²) in [5.74, 6) is 0.638. The molecule has 1 aromatic carbocycles. The molecule has 7 nitrogen and oxygen atoms in total. The van der Waals surface area contributed by atoms with Gasteiger partial charge in [-0.1, -0.05) is 0 Å². The molecular formula is C22H25N3O4. The molecule has 29 heavy (non-hydrogen) atoms. The number of aliphatic carboxylic acids is 1. The third-order valence-electron chi connectivity index (χ3n) is 4.92. The van der Waals surface area contributed by atoms with Gasteiger partial charge >= 0.3 is 5.97 Å². The Morgan fingerprint density at radius 1 is 1.10 bits per heavy atom. The van der Waals surface area contributed by atoms with Crippen LogP contribution in [0.5, 0.6) is 0 Å². The summed E-state index contributed by atoms with van der Waals surface area (Å²) in [5.41, 5.74) is 4.08. The van der Waals surface area contributed by atoms with Crippen LogP contribution in [0, 0.1) is 20.8 Å². The van der Waals surface area contributed by atoms with Gasteiger partial charge in [-0.05, 0) is 69.2 Å². The van der Waals surface area contributed by atoms with Gasteiger partial charge in [-0.25, -0.2) is 4.68 Å². The topological polar surface area (TPSA) is 88.6 Å². The predicted molar refractivity (Wildman–Crippen MR) is 108 cm³/mol. The first-order chi connectivity index (χ1) is 13.8. The molecule has 0 aliphatic rings. The molecule has 0 atom stereocenters. The van der Waals surface area contributed by atoms with E-state index in [4.69, 9.17) is 9.52 Å². The Hall–Kier alpha value is -3.35. The summed E-state index contributed by atoms with van der Waals surface area (Å²) in [6.07, 6.45) is 0.517. The lowest BCUT2D eigenvalue weighted by atomic mass is 10.1. The fourth-order valence-electron chi connectivity index (χ4n) is 3.36. The first kappa shape index (κ1) is 20.4. The van der Waals surface area contributed by atoms with Gasteiger partial charge in [0.25, 0.3) is 5.91 Å². The van der Waals surface area contributed by atoms with Crippen LogP contribution in [0.25, 0.3) is 5.69 Å². The molecule has 2 heterocycles. The highest BCUT2D eigenvalue weighted by Crippen LogP contribution is 2.20. The van der Waals surface area contributed by atoms with Crippen molar-refractivity contribution in [3.63, 3.8) is 0 Å². The number of aryl methyl sites for hydroxylation is 2. The number of benzene rings is 1. The Kier molecular flexibility index (Phi) is 5.87. The number of aromatic nitrogens is 2. The molecule has 2 aromatic heterocycles. The molecule has 0 saturated heterocycles. The summed E-state index contributed by atoms with van der Waals surface area (Å²) in [6.45, 7) is 6.08. The number of carbonyl (C=O) groups excluding carboxylic acids is 1. The van der Waals surface area contributed by atoms with Gasteiger partial charge in [0.05, 0.1) is 17.9 Å². The highest BCUT2D eigenvalue weighted by Gasteiger charge is 2.16. The van der Waals surface area contributed by atoms with Crippen molar-refractivity contribution in [2.24, 2.45) is 0 Å². The zero-order valence-electron chi connectivity index (χ0n) is 17.1. The number of rotatable bonds is 7. The third kappa shape index (κ3) is 4.56. The Balaban J connectivity index is 1.75. The van der Waals surface area contributed by atoms with Crippen LogP contribution in [-0.4, -0.2) is 38.7 Å². The number of carboxylic acids is 1. The molecule has 0 fully saturated rings. The number of amides is 1. The second-order valence-corrected chi connectivity index (χ2v) is 7.18. The highest BCUT2D eigenvalue weighted by atomic mass is 16.4. The molecule has 0 spiro atoms. The van der Waals surface area contributed by atoms with E-state index in [2.05, 4.69) is 5.10 Å². The van der Waals surface area contributed by atoms with Crippen molar-refractivity contribution in [1.29, 1.82) is 0 Å². The van der Waals surface area contributed by atoms with Gasteiger partial charge in [0.1, 0.15) is 11.5 Å². The van der Waals surface area contributed by atoms with Gasteiger partial charge in [-0.15, -0.1) is 0 Å². The van der Waals surface area contributed by atoms with Crippen LogP contribution in [0.1, 0.15) is 45.3 Å². The van der Waals surface area contributed by atoms with E-state index in [1.165, 1.54) is 0 Å². The van der Waals surface area contributed by atoms with Crippen molar-refractivity contribution < 1.29 is 19.1 Å². The Morgan fingerprint density at radius 2 is 1.79 bits per heavy atom. The molecule has 7 heteroatoms. The SMILES string of the molecule is Cc1ccc(CN(C)C(=O)c2ccc(-n3nc(C)c(CCC(=O)O)c3C)cc2)o1. The lowest BCUT2D eigenvalue weighted by Gasteiger charge is -2.16. The normalized spacial score (nSPS) is 10.9. The zero-order valence-corrected chi connectivity index (χ0v) is 17.1. The fraction of sp³-hybridized carbons (Fsp3) is 0.318. The molecule has 1 amide bonds. The van der Waals surface area contributed by atoms with E-state index in [1.54, 1.807) is 28.8 Å². The number of nitrogens with zero attached hydrogens (tertiary/aromatic N) is 3. The number of hydrogen-bond donors (Lipinski definition) is 1. The molecule has 0 aliphatic heterocycles. The fourth-order valence-corrected chi connectivity index (χ4v) is 3.36. The van der Waals surface area contributed by atoms with Gasteiger partial charge < -0.3 is 14.4 Å². The summed E-state index contributed by atoms with van der Waals surface area (Å²) in [7, 11) is 1.74. The first-order valence-electron chi connectivity index (χ1n) is 9.44. The second-order valence-electron chi connectivity index (χ2n) is 7.18. The minimum absolute atomic E-state index is 0.0718. The van der Waals surface area contributed by atoms with Gasteiger partial charge in [0.15, 0.2) is 0 Å². The predicted octanol–water partition coefficient (Wildman–Crippen LogP) is 3.68. The van der Waals surface area contributed by atoms with E-state index in [0.717, 1.165) is 34.2 Å². The molecule has 3 rings (SSSR count). The smallest absolute Gasteiger partial charge is 0.303 e. The molecule has 0 radical (unpaired) electrons. The Morgan fingerprint density at radius 3 is 2.38 bits per heavy atom. The van der Waals surface area contributed by atoms with Gasteiger partial charge in [-0.3, -0.25) is 9.59 Å². The van der Waals surface area contributed by atoms with Crippen molar-refractivity contribution in [3.8, 4) is 5.69 Å². The number of furan rings is 1. The minimum Gasteiger partial charge on any atom is -0.481 e. The maximum atomic E-state index is 12.7. The van der Waals surface area contributed by atoms with E-state index in [0.29, 0.717) is 18.5 Å². The van der Waals surface area contributed by atoms with Crippen LogP contribution in [0.3, 0.4) is 0 Å². The maximum absolute atomic E-state index is 12.7. The molecule has 0 aliphatic carbocycles. The average Bonchev–Trinajstić information content (AvgIpc) is 3.22. The van der Waals surface area contributed by atoms with Gasteiger partial charge in [0.2, 0.25) is 0 Å². The van der Waals surface area contributed by atoms with Crippen LogP contribution in [-0.2, 0) is 17.8 Å². The zero-order chi connectivity index (χ0) is 21.1. The minimum atomic E-state index is -0.826. The van der Waals surface area contributed by atoms with E-state index in [1.807, 2.05) is 45.0 Å². The molecule has 0 unspecified atom stereocenters. The van der Waals surface area contributed by atoms with E-state index < -0.39 is 5.97 Å². The number of carbonyl (C=O) groups is 2. The van der Waals surface area contributed by atoms with Crippen LogP contribution in [0.2, 0.25) is 0 Å². The lowest BCUT2D eigenvalue weighted by Crippen LogP contribution is -2.26. The summed E-state index contributed by atoms with van der Waals surface area (Å²) >= 11 is 0. The van der Waals surface area contributed by atoms with E-state index in [9.17, 15) is 9.59 Å². The van der Waals surface area contributed by atoms with Crippen molar-refractivity contribution in [3.05, 3.63) is 70.4 Å². The highest BCUT2D eigenvalue weighted by molar-refractivity contribution is 5.94. The molecule has 0 bridgehead atoms. The average molecular weight is 395 g/mol. The monoisotopic (exact) mass is 395 g/mol. The Bertz CT molecular complexity index is 1030. The van der Waals surface area contributed by atoms with Crippen LogP contribution in [0.15, 0.2) is 40.8 Å². The Labute approximate surface area is 169 Å². The molecule has 0 saturated carbocycles. The second kappa shape index (κ2) is 8.34. The molecule has 1 N–H and O–H groups in total. The van der Waals surface area contributed by atoms with E-state index in [-0.39, 0.29) is 12.3 Å². The van der Waals surface area contributed by atoms with E-state index >= 15 is 0 Å². The van der Waals surface area contributed by atoms with Crippen molar-refractivity contribution in [1.82, 2.24) is 14.7 Å². The standard InChI is InChI=1S/C22H25N3O4/c1-14-5-10-19(29-14)13-24(4)22(28)17-6-8-18(9-7-17)25-16(3)20(15(2)23-25)11-12-21(26)27/h5-10H,11-13H2,1-4H3,(H,26,27). The third-order valence-corrected chi connectivity index (χ3v) is 4.92. The first-order valence-corrected chi connectivity index (χ1v) is 9.44. The summed E-state index contributed by atoms with van der Waals surface area (Å²) in [4.78, 5) is 25.2. The molecule has 152 valence electrons. The lowest BCUT2D eigenvalue weighted by molar-refractivity contribution is -0.136. The maximum Gasteiger partial charge on any atom is 0.303 e. The van der Waals surface area contributed by atoms with Gasteiger partial charge in [0, 0.05) is 24.7 Å². The quantitative estimate of drug-likeness (QED) is 0.659. The van der Waals surface area contributed by atoms with Crippen LogP contribution >= 0.6 is 0 Å². The number of hydrogen-bond acceptors (Lipinski definition) is 4. The number of carboxylic acid groups (broad SMARTS) is 1. The van der Waals surface area contributed by atoms with Crippen LogP contribution in [0.4, 0.5) is 0 Å². The molecular weight excluding hydrogens is 370 g/mol. The summed E-state index contributed by atoms with van der Waals surface area (Å²) in [6, 6.07) is 11.0. The van der Waals surface area contributed by atoms with Crippen LogP contribution < -0.4 is 0 Å². The molecule has 3 aromatic rings. The van der Waals surface area contributed by atoms with Crippen molar-refractivity contribution in [2.45, 2.75) is 40.2 Å². The van der Waals surface area contributed by atoms with Crippen molar-refractivity contribution in [2.75, 3.05) is 7.05 Å². The van der Waals surface area contributed by atoms with Crippen molar-refractivity contribution >= 4 is 11.9 Å². The van der Waals surface area contributed by atoms with Gasteiger partial charge in [-0.2, -0.15) is 5.10 Å². The summed E-state index contributed by atoms with van der Waals surface area (Å²) in [5, 5.41) is 13.5. The summed E-state index contributed by atoms with van der Waals surface area (Å²) < 4.78 is 7.32.